The molecule has 0 bridgehead atoms. The SMILES string of the molecule is c1ccc(-c2nc(-c3ccccc3)nc(-c3cc(N(c4ccccc4)c4cccc5sc6ccccc6c45)c4c(c3)oc3cc5ccccc5cc34)n2)cc1. The van der Waals surface area contributed by atoms with E-state index >= 15 is 0 Å². The first-order valence-electron chi connectivity index (χ1n) is 18.3. The highest BCUT2D eigenvalue weighted by molar-refractivity contribution is 7.26. The zero-order chi connectivity index (χ0) is 36.3. The molecular formula is C49H30N4OS. The highest BCUT2D eigenvalue weighted by Crippen LogP contribution is 2.49. The minimum atomic E-state index is 0.564. The summed E-state index contributed by atoms with van der Waals surface area (Å²) in [7, 11) is 0. The molecule has 0 spiro atoms. The molecule has 3 aromatic heterocycles. The number of benzene rings is 8. The van der Waals surface area contributed by atoms with Crippen LogP contribution in [0.5, 0.6) is 0 Å². The van der Waals surface area contributed by atoms with Crippen molar-refractivity contribution in [3.05, 3.63) is 182 Å². The number of hydrogen-bond donors (Lipinski definition) is 0. The minimum absolute atomic E-state index is 0.564. The van der Waals surface area contributed by atoms with E-state index in [2.05, 4.69) is 126 Å². The first-order valence-corrected chi connectivity index (χ1v) is 19.1. The van der Waals surface area contributed by atoms with Gasteiger partial charge in [-0.2, -0.15) is 0 Å². The standard InChI is InChI=1S/C49H30N4OS/c1-4-15-31(16-5-1)47-50-48(32-17-6-2-7-18-32)52-49(51-47)35-28-40(45-38-27-33-19-10-11-20-34(33)29-41(38)54-42(45)30-35)53(36-21-8-3-9-22-36)39-24-14-26-44-46(39)37-23-12-13-25-43(37)55-44/h1-30H. The van der Waals surface area contributed by atoms with Gasteiger partial charge in [-0.15, -0.1) is 11.3 Å². The first-order chi connectivity index (χ1) is 27.2. The van der Waals surface area contributed by atoms with Crippen LogP contribution < -0.4 is 4.90 Å². The largest absolute Gasteiger partial charge is 0.456 e. The van der Waals surface area contributed by atoms with Crippen molar-refractivity contribution in [3.8, 4) is 34.2 Å². The van der Waals surface area contributed by atoms with Gasteiger partial charge in [0.15, 0.2) is 17.5 Å². The van der Waals surface area contributed by atoms with E-state index < -0.39 is 0 Å². The highest BCUT2D eigenvalue weighted by atomic mass is 32.1. The van der Waals surface area contributed by atoms with Gasteiger partial charge in [-0.3, -0.25) is 0 Å². The molecule has 0 unspecified atom stereocenters. The summed E-state index contributed by atoms with van der Waals surface area (Å²) < 4.78 is 9.35. The average molecular weight is 723 g/mol. The van der Waals surface area contributed by atoms with Crippen molar-refractivity contribution in [2.45, 2.75) is 0 Å². The second-order valence-corrected chi connectivity index (χ2v) is 14.7. The number of nitrogens with zero attached hydrogens (tertiary/aromatic N) is 4. The number of anilines is 3. The third-order valence-corrected chi connectivity index (χ3v) is 11.4. The molecule has 0 N–H and O–H groups in total. The molecule has 11 aromatic rings. The van der Waals surface area contributed by atoms with E-state index in [4.69, 9.17) is 19.4 Å². The number of para-hydroxylation sites is 1. The first kappa shape index (κ1) is 31.4. The van der Waals surface area contributed by atoms with Gasteiger partial charge in [0.25, 0.3) is 0 Å². The van der Waals surface area contributed by atoms with Crippen LogP contribution >= 0.6 is 11.3 Å². The van der Waals surface area contributed by atoms with Crippen LogP contribution in [0.1, 0.15) is 0 Å². The molecule has 0 radical (unpaired) electrons. The summed E-state index contributed by atoms with van der Waals surface area (Å²) in [5.74, 6) is 1.78. The molecule has 5 nitrogen and oxygen atoms in total. The second kappa shape index (κ2) is 12.8. The fourth-order valence-corrected chi connectivity index (χ4v) is 8.87. The van der Waals surface area contributed by atoms with E-state index in [0.717, 1.165) is 66.5 Å². The van der Waals surface area contributed by atoms with Gasteiger partial charge >= 0.3 is 0 Å². The Bertz CT molecular complexity index is 3150. The van der Waals surface area contributed by atoms with Gasteiger partial charge in [-0.1, -0.05) is 127 Å². The Labute approximate surface area is 320 Å². The summed E-state index contributed by atoms with van der Waals surface area (Å²) in [6.45, 7) is 0. The van der Waals surface area contributed by atoms with Crippen molar-refractivity contribution in [1.82, 2.24) is 15.0 Å². The Morgan fingerprint density at radius 2 is 0.982 bits per heavy atom. The van der Waals surface area contributed by atoms with Crippen LogP contribution in [0.3, 0.4) is 0 Å². The van der Waals surface area contributed by atoms with Gasteiger partial charge < -0.3 is 9.32 Å². The lowest BCUT2D eigenvalue weighted by atomic mass is 10.0. The zero-order valence-corrected chi connectivity index (χ0v) is 30.2. The Balaban J connectivity index is 1.26. The summed E-state index contributed by atoms with van der Waals surface area (Å²) in [5.41, 5.74) is 7.33. The summed E-state index contributed by atoms with van der Waals surface area (Å²) >= 11 is 1.82. The van der Waals surface area contributed by atoms with Crippen molar-refractivity contribution in [2.24, 2.45) is 0 Å². The molecule has 0 saturated carbocycles. The third-order valence-electron chi connectivity index (χ3n) is 10.3. The Kier molecular flexibility index (Phi) is 7.28. The lowest BCUT2D eigenvalue weighted by Gasteiger charge is -2.27. The van der Waals surface area contributed by atoms with E-state index in [1.807, 2.05) is 72.0 Å². The summed E-state index contributed by atoms with van der Waals surface area (Å²) in [6, 6.07) is 63.3. The van der Waals surface area contributed by atoms with Crippen molar-refractivity contribution >= 4 is 81.3 Å². The van der Waals surface area contributed by atoms with Gasteiger partial charge in [0.2, 0.25) is 0 Å². The van der Waals surface area contributed by atoms with Gasteiger partial charge in [0, 0.05) is 47.9 Å². The normalized spacial score (nSPS) is 11.6. The van der Waals surface area contributed by atoms with Crippen molar-refractivity contribution < 1.29 is 4.42 Å². The smallest absolute Gasteiger partial charge is 0.164 e. The second-order valence-electron chi connectivity index (χ2n) is 13.6. The molecule has 258 valence electrons. The molecule has 0 aliphatic carbocycles. The molecule has 0 aliphatic heterocycles. The molecule has 3 heterocycles. The average Bonchev–Trinajstić information content (AvgIpc) is 3.82. The van der Waals surface area contributed by atoms with E-state index in [1.54, 1.807) is 0 Å². The quantitative estimate of drug-likeness (QED) is 0.171. The molecule has 6 heteroatoms. The number of thiophene rings is 1. The van der Waals surface area contributed by atoms with Crippen LogP contribution in [0.2, 0.25) is 0 Å². The summed E-state index contributed by atoms with van der Waals surface area (Å²) in [6.07, 6.45) is 0. The molecular weight excluding hydrogens is 693 g/mol. The van der Waals surface area contributed by atoms with E-state index in [1.165, 1.54) is 20.2 Å². The Morgan fingerprint density at radius 1 is 0.400 bits per heavy atom. The van der Waals surface area contributed by atoms with Gasteiger partial charge in [-0.05, 0) is 65.4 Å². The number of hydrogen-bond acceptors (Lipinski definition) is 6. The van der Waals surface area contributed by atoms with Crippen molar-refractivity contribution in [2.75, 3.05) is 4.90 Å². The number of furan rings is 1. The third kappa shape index (κ3) is 5.34. The molecule has 0 fully saturated rings. The van der Waals surface area contributed by atoms with Crippen LogP contribution in [0.25, 0.3) is 87.0 Å². The fourth-order valence-electron chi connectivity index (χ4n) is 7.74. The van der Waals surface area contributed by atoms with Crippen LogP contribution in [0, 0.1) is 0 Å². The van der Waals surface area contributed by atoms with Gasteiger partial charge in [-0.25, -0.2) is 15.0 Å². The lowest BCUT2D eigenvalue weighted by molar-refractivity contribution is 0.669. The van der Waals surface area contributed by atoms with E-state index in [-0.39, 0.29) is 0 Å². The maximum absolute atomic E-state index is 6.86. The van der Waals surface area contributed by atoms with E-state index in [9.17, 15) is 0 Å². The molecule has 8 aromatic carbocycles. The van der Waals surface area contributed by atoms with Crippen LogP contribution in [0.15, 0.2) is 186 Å². The number of aromatic nitrogens is 3. The Morgan fingerprint density at radius 3 is 1.69 bits per heavy atom. The van der Waals surface area contributed by atoms with Crippen molar-refractivity contribution in [3.63, 3.8) is 0 Å². The molecule has 0 atom stereocenters. The predicted molar refractivity (Wildman–Crippen MR) is 228 cm³/mol. The topological polar surface area (TPSA) is 55.1 Å². The maximum Gasteiger partial charge on any atom is 0.164 e. The maximum atomic E-state index is 6.86. The van der Waals surface area contributed by atoms with Crippen LogP contribution in [-0.4, -0.2) is 15.0 Å². The molecule has 11 rings (SSSR count). The van der Waals surface area contributed by atoms with Crippen molar-refractivity contribution in [1.29, 1.82) is 0 Å². The highest BCUT2D eigenvalue weighted by Gasteiger charge is 2.25. The Hall–Kier alpha value is -7.15. The van der Waals surface area contributed by atoms with Gasteiger partial charge in [0.1, 0.15) is 11.2 Å². The molecule has 0 saturated heterocycles. The molecule has 0 amide bonds. The molecule has 0 aliphatic rings. The zero-order valence-electron chi connectivity index (χ0n) is 29.4. The fraction of sp³-hybridized carbons (Fsp3) is 0. The lowest BCUT2D eigenvalue weighted by Crippen LogP contribution is -2.11. The molecule has 55 heavy (non-hydrogen) atoms. The predicted octanol–water partition coefficient (Wildman–Crippen LogP) is 13.8. The number of fused-ring (bicyclic) bond motifs is 7. The minimum Gasteiger partial charge on any atom is -0.456 e. The van der Waals surface area contributed by atoms with Crippen LogP contribution in [-0.2, 0) is 0 Å². The number of rotatable bonds is 6. The van der Waals surface area contributed by atoms with E-state index in [0.29, 0.717) is 17.5 Å². The monoisotopic (exact) mass is 722 g/mol. The summed E-state index contributed by atoms with van der Waals surface area (Å²) in [5, 5.41) is 6.79. The summed E-state index contributed by atoms with van der Waals surface area (Å²) in [4.78, 5) is 17.7. The van der Waals surface area contributed by atoms with Crippen LogP contribution in [0.4, 0.5) is 17.1 Å². The van der Waals surface area contributed by atoms with Gasteiger partial charge in [0.05, 0.1) is 16.8 Å².